The van der Waals surface area contributed by atoms with E-state index >= 15 is 0 Å². The topological polar surface area (TPSA) is 79.8 Å². The van der Waals surface area contributed by atoms with Crippen LogP contribution in [-0.4, -0.2) is 9.91 Å². The van der Waals surface area contributed by atoms with Gasteiger partial charge < -0.3 is 0 Å². The molecule has 2 rings (SSSR count). The minimum absolute atomic E-state index is 0.0509. The molecule has 0 bridgehead atoms. The Balaban J connectivity index is 2.20. The van der Waals surface area contributed by atoms with E-state index < -0.39 is 4.92 Å². The van der Waals surface area contributed by atoms with Crippen molar-refractivity contribution < 1.29 is 4.92 Å². The van der Waals surface area contributed by atoms with E-state index in [-0.39, 0.29) is 5.69 Å². The number of pyridine rings is 1. The first-order chi connectivity index (χ1) is 9.19. The van der Waals surface area contributed by atoms with E-state index in [0.717, 1.165) is 5.56 Å². The Kier molecular flexibility index (Phi) is 3.64. The van der Waals surface area contributed by atoms with Crippen molar-refractivity contribution >= 4 is 17.8 Å². The van der Waals surface area contributed by atoms with Gasteiger partial charge in [0.05, 0.1) is 16.2 Å². The van der Waals surface area contributed by atoms with E-state index in [0.29, 0.717) is 11.3 Å². The molecule has 0 atom stereocenters. The molecular weight excluding hydrogens is 242 g/mol. The predicted molar refractivity (Wildman–Crippen MR) is 71.0 cm³/mol. The van der Waals surface area contributed by atoms with Crippen LogP contribution in [0, 0.1) is 21.4 Å². The van der Waals surface area contributed by atoms with E-state index in [4.69, 9.17) is 5.26 Å². The van der Waals surface area contributed by atoms with Crippen LogP contribution in [0.4, 0.5) is 5.69 Å². The lowest BCUT2D eigenvalue weighted by atomic mass is 10.1. The molecule has 5 heteroatoms. The molecule has 0 amide bonds. The molecule has 0 saturated heterocycles. The van der Waals surface area contributed by atoms with Gasteiger partial charge in [0.2, 0.25) is 0 Å². The highest BCUT2D eigenvalue weighted by Gasteiger charge is 2.03. The lowest BCUT2D eigenvalue weighted by Gasteiger charge is -1.95. The number of nitro groups is 1. The largest absolute Gasteiger partial charge is 0.270 e. The average molecular weight is 251 g/mol. The summed E-state index contributed by atoms with van der Waals surface area (Å²) in [7, 11) is 0. The summed E-state index contributed by atoms with van der Waals surface area (Å²) in [5.41, 5.74) is 1.95. The van der Waals surface area contributed by atoms with Crippen LogP contribution < -0.4 is 0 Å². The van der Waals surface area contributed by atoms with Gasteiger partial charge in [-0.3, -0.25) is 15.1 Å². The fourth-order valence-electron chi connectivity index (χ4n) is 1.49. The van der Waals surface area contributed by atoms with Crippen LogP contribution >= 0.6 is 0 Å². The molecule has 0 unspecified atom stereocenters. The van der Waals surface area contributed by atoms with Gasteiger partial charge >= 0.3 is 0 Å². The highest BCUT2D eigenvalue weighted by atomic mass is 16.6. The summed E-state index contributed by atoms with van der Waals surface area (Å²) in [5, 5.41) is 19.3. The van der Waals surface area contributed by atoms with Crippen molar-refractivity contribution in [2.45, 2.75) is 0 Å². The Bertz CT molecular complexity index is 670. The summed E-state index contributed by atoms with van der Waals surface area (Å²) in [5.74, 6) is 0. The maximum absolute atomic E-state index is 10.6. The molecule has 0 saturated carbocycles. The van der Waals surface area contributed by atoms with E-state index in [2.05, 4.69) is 4.98 Å². The summed E-state index contributed by atoms with van der Waals surface area (Å²) in [4.78, 5) is 14.3. The predicted octanol–water partition coefficient (Wildman–Crippen LogP) is 3.03. The number of rotatable bonds is 3. The van der Waals surface area contributed by atoms with Crippen molar-refractivity contribution in [1.82, 2.24) is 4.98 Å². The minimum Gasteiger partial charge on any atom is -0.258 e. The van der Waals surface area contributed by atoms with Crippen molar-refractivity contribution in [3.8, 4) is 6.07 Å². The van der Waals surface area contributed by atoms with Crippen molar-refractivity contribution in [2.24, 2.45) is 0 Å². The maximum Gasteiger partial charge on any atom is 0.270 e. The van der Waals surface area contributed by atoms with Gasteiger partial charge in [0.15, 0.2) is 0 Å². The highest BCUT2D eigenvalue weighted by molar-refractivity contribution is 5.69. The second-order valence-corrected chi connectivity index (χ2v) is 3.77. The van der Waals surface area contributed by atoms with Crippen molar-refractivity contribution in [3.63, 3.8) is 0 Å². The van der Waals surface area contributed by atoms with Crippen LogP contribution in [0.2, 0.25) is 0 Å². The van der Waals surface area contributed by atoms with E-state index in [1.54, 1.807) is 36.4 Å². The van der Waals surface area contributed by atoms with Gasteiger partial charge in [0.1, 0.15) is 6.07 Å². The molecule has 1 aromatic heterocycles. The second kappa shape index (κ2) is 5.56. The Labute approximate surface area is 109 Å². The number of hydrogen-bond donors (Lipinski definition) is 0. The summed E-state index contributed by atoms with van der Waals surface area (Å²) in [6.45, 7) is 0. The number of aromatic nitrogens is 1. The molecule has 5 nitrogen and oxygen atoms in total. The summed E-state index contributed by atoms with van der Waals surface area (Å²) < 4.78 is 0. The van der Waals surface area contributed by atoms with Crippen molar-refractivity contribution in [3.05, 3.63) is 69.5 Å². The first-order valence-electron chi connectivity index (χ1n) is 5.48. The fraction of sp³-hybridized carbons (Fsp3) is 0. The zero-order chi connectivity index (χ0) is 13.7. The van der Waals surface area contributed by atoms with Crippen LogP contribution in [-0.2, 0) is 0 Å². The monoisotopic (exact) mass is 251 g/mol. The quantitative estimate of drug-likeness (QED) is 0.620. The minimum atomic E-state index is -0.433. The van der Waals surface area contributed by atoms with Gasteiger partial charge in [0.25, 0.3) is 5.69 Å². The molecule has 19 heavy (non-hydrogen) atoms. The van der Waals surface area contributed by atoms with Crippen LogP contribution in [0.15, 0.2) is 42.6 Å². The van der Waals surface area contributed by atoms with Crippen molar-refractivity contribution in [1.29, 1.82) is 5.26 Å². The highest BCUT2D eigenvalue weighted by Crippen LogP contribution is 2.15. The lowest BCUT2D eigenvalue weighted by molar-refractivity contribution is -0.384. The summed E-state index contributed by atoms with van der Waals surface area (Å²) >= 11 is 0. The molecule has 0 N–H and O–H groups in total. The zero-order valence-corrected chi connectivity index (χ0v) is 9.85. The van der Waals surface area contributed by atoms with E-state index in [1.807, 2.05) is 6.07 Å². The molecule has 0 aliphatic carbocycles. The number of non-ortho nitro benzene ring substituents is 1. The molecule has 92 valence electrons. The first-order valence-corrected chi connectivity index (χ1v) is 5.48. The Morgan fingerprint density at radius 3 is 2.74 bits per heavy atom. The van der Waals surface area contributed by atoms with E-state index in [1.165, 1.54) is 18.3 Å². The number of hydrogen-bond acceptors (Lipinski definition) is 4. The fourth-order valence-corrected chi connectivity index (χ4v) is 1.49. The smallest absolute Gasteiger partial charge is 0.258 e. The van der Waals surface area contributed by atoms with Crippen molar-refractivity contribution in [2.75, 3.05) is 0 Å². The molecule has 0 fully saturated rings. The normalized spacial score (nSPS) is 10.3. The summed E-state index contributed by atoms with van der Waals surface area (Å²) in [6.07, 6.45) is 4.95. The third-order valence-corrected chi connectivity index (χ3v) is 2.44. The van der Waals surface area contributed by atoms with Crippen LogP contribution in [0.25, 0.3) is 12.2 Å². The van der Waals surface area contributed by atoms with Crippen LogP contribution in [0.3, 0.4) is 0 Å². The second-order valence-electron chi connectivity index (χ2n) is 3.77. The van der Waals surface area contributed by atoms with Gasteiger partial charge in [0, 0.05) is 18.3 Å². The third-order valence-electron chi connectivity index (χ3n) is 2.44. The average Bonchev–Trinajstić information content (AvgIpc) is 2.46. The Hall–Kier alpha value is -3.00. The molecule has 1 aromatic carbocycles. The maximum atomic E-state index is 10.6. The molecule has 1 heterocycles. The molecule has 0 aliphatic heterocycles. The van der Waals surface area contributed by atoms with Gasteiger partial charge in [-0.15, -0.1) is 0 Å². The first kappa shape index (κ1) is 12.5. The number of nitriles is 1. The summed E-state index contributed by atoms with van der Waals surface area (Å²) in [6, 6.07) is 11.7. The van der Waals surface area contributed by atoms with E-state index in [9.17, 15) is 10.1 Å². The number of nitrogens with zero attached hydrogens (tertiary/aromatic N) is 3. The molecule has 0 aliphatic rings. The van der Waals surface area contributed by atoms with Crippen LogP contribution in [0.1, 0.15) is 16.8 Å². The zero-order valence-electron chi connectivity index (χ0n) is 9.85. The molecule has 2 aromatic rings. The third kappa shape index (κ3) is 3.23. The number of benzene rings is 1. The van der Waals surface area contributed by atoms with Gasteiger partial charge in [-0.2, -0.15) is 5.26 Å². The van der Waals surface area contributed by atoms with Gasteiger partial charge in [-0.25, -0.2) is 0 Å². The lowest BCUT2D eigenvalue weighted by Crippen LogP contribution is -1.87. The standard InChI is InChI=1S/C14H9N3O2/c15-9-12-5-7-13(16-10-12)6-4-11-2-1-3-14(8-11)17(18)19/h1-8,10H. The molecule has 0 spiro atoms. The molecule has 0 radical (unpaired) electrons. The Morgan fingerprint density at radius 1 is 1.26 bits per heavy atom. The van der Waals surface area contributed by atoms with Crippen LogP contribution in [0.5, 0.6) is 0 Å². The molecular formula is C14H9N3O2. The Morgan fingerprint density at radius 2 is 2.11 bits per heavy atom. The number of nitro benzene ring substituents is 1. The van der Waals surface area contributed by atoms with Gasteiger partial charge in [-0.05, 0) is 23.8 Å². The SMILES string of the molecule is N#Cc1ccc(C=Cc2cccc([N+](=O)[O-])c2)nc1. The van der Waals surface area contributed by atoms with Gasteiger partial charge in [-0.1, -0.05) is 18.2 Å².